The molecule has 0 amide bonds. The first-order chi connectivity index (χ1) is 8.06. The van der Waals surface area contributed by atoms with E-state index >= 15 is 0 Å². The fourth-order valence-corrected chi connectivity index (χ4v) is 1.50. The predicted octanol–water partition coefficient (Wildman–Crippen LogP) is 0.922. The van der Waals surface area contributed by atoms with Crippen LogP contribution in [0.15, 0.2) is 17.2 Å². The third-order valence-corrected chi connectivity index (χ3v) is 3.12. The quantitative estimate of drug-likeness (QED) is 0.801. The summed E-state index contributed by atoms with van der Waals surface area (Å²) >= 11 is 0. The second-order valence-electron chi connectivity index (χ2n) is 4.36. The van der Waals surface area contributed by atoms with Crippen LogP contribution in [0.3, 0.4) is 0 Å². The van der Waals surface area contributed by atoms with Crippen LogP contribution in [0.4, 0.5) is 5.82 Å². The summed E-state index contributed by atoms with van der Waals surface area (Å²) in [5, 5.41) is 3.08. The zero-order chi connectivity index (χ0) is 12.8. The van der Waals surface area contributed by atoms with Crippen molar-refractivity contribution in [3.63, 3.8) is 0 Å². The Balaban J connectivity index is 2.46. The van der Waals surface area contributed by atoms with E-state index in [4.69, 9.17) is 0 Å². The average molecular weight is 238 g/mol. The highest BCUT2D eigenvalue weighted by Crippen LogP contribution is 1.99. The van der Waals surface area contributed by atoms with Crippen molar-refractivity contribution in [1.29, 1.82) is 0 Å². The second kappa shape index (κ2) is 6.39. The van der Waals surface area contributed by atoms with Crippen LogP contribution in [0, 0.1) is 0 Å². The minimum absolute atomic E-state index is 0.0845. The summed E-state index contributed by atoms with van der Waals surface area (Å²) in [4.78, 5) is 18.0. The Bertz CT molecular complexity index is 402. The van der Waals surface area contributed by atoms with Gasteiger partial charge < -0.3 is 14.8 Å². The Kier molecular flexibility index (Phi) is 5.15. The fraction of sp³-hybridized carbons (Fsp3) is 0.667. The van der Waals surface area contributed by atoms with Gasteiger partial charge in [0.2, 0.25) is 0 Å². The number of likely N-dealkylation sites (N-methyl/N-ethyl adjacent to an activating group) is 1. The molecule has 0 saturated carbocycles. The molecular formula is C12H22N4O. The molecule has 0 aromatic carbocycles. The average Bonchev–Trinajstić information content (AvgIpc) is 2.33. The van der Waals surface area contributed by atoms with Gasteiger partial charge in [0.05, 0.1) is 0 Å². The maximum Gasteiger partial charge on any atom is 0.293 e. The zero-order valence-electron chi connectivity index (χ0n) is 11.1. The van der Waals surface area contributed by atoms with Crippen LogP contribution in [0.5, 0.6) is 0 Å². The third kappa shape index (κ3) is 3.85. The number of rotatable bonds is 6. The van der Waals surface area contributed by atoms with Crippen molar-refractivity contribution >= 4 is 5.82 Å². The van der Waals surface area contributed by atoms with Crippen molar-refractivity contribution < 1.29 is 0 Å². The number of nitrogens with one attached hydrogen (secondary N) is 1. The molecule has 1 aromatic heterocycles. The van der Waals surface area contributed by atoms with Crippen LogP contribution in [0.1, 0.15) is 20.3 Å². The first kappa shape index (κ1) is 13.7. The lowest BCUT2D eigenvalue weighted by Crippen LogP contribution is -2.33. The van der Waals surface area contributed by atoms with Crippen LogP contribution >= 0.6 is 0 Å². The zero-order valence-corrected chi connectivity index (χ0v) is 11.1. The van der Waals surface area contributed by atoms with E-state index in [-0.39, 0.29) is 5.56 Å². The van der Waals surface area contributed by atoms with Gasteiger partial charge in [-0.1, -0.05) is 6.92 Å². The van der Waals surface area contributed by atoms with Crippen molar-refractivity contribution in [2.24, 2.45) is 7.05 Å². The van der Waals surface area contributed by atoms with E-state index in [0.717, 1.165) is 19.5 Å². The number of aromatic nitrogens is 2. The lowest BCUT2D eigenvalue weighted by molar-refractivity contribution is 0.261. The van der Waals surface area contributed by atoms with Gasteiger partial charge in [-0.25, -0.2) is 4.98 Å². The van der Waals surface area contributed by atoms with Gasteiger partial charge in [0.25, 0.3) is 5.56 Å². The molecule has 0 aliphatic rings. The van der Waals surface area contributed by atoms with Gasteiger partial charge in [0, 0.05) is 38.6 Å². The number of anilines is 1. The molecule has 1 unspecified atom stereocenters. The molecule has 0 aliphatic heterocycles. The standard InChI is InChI=1S/C12H22N4O/c1-5-10(2)15(3)8-6-13-11-12(17)16(4)9-7-14-11/h7,9-10H,5-6,8H2,1-4H3,(H,13,14). The molecule has 96 valence electrons. The van der Waals surface area contributed by atoms with Crippen LogP contribution < -0.4 is 10.9 Å². The van der Waals surface area contributed by atoms with Gasteiger partial charge in [-0.3, -0.25) is 4.79 Å². The van der Waals surface area contributed by atoms with Gasteiger partial charge in [0.1, 0.15) is 0 Å². The Morgan fingerprint density at radius 3 is 2.94 bits per heavy atom. The molecule has 17 heavy (non-hydrogen) atoms. The maximum absolute atomic E-state index is 11.7. The molecule has 1 rings (SSSR count). The highest BCUT2D eigenvalue weighted by atomic mass is 16.1. The second-order valence-corrected chi connectivity index (χ2v) is 4.36. The van der Waals surface area contributed by atoms with Crippen molar-refractivity contribution in [3.05, 3.63) is 22.7 Å². The lowest BCUT2D eigenvalue weighted by atomic mass is 10.2. The summed E-state index contributed by atoms with van der Waals surface area (Å²) in [6, 6.07) is 0.559. The smallest absolute Gasteiger partial charge is 0.293 e. The molecule has 0 aliphatic carbocycles. The summed E-state index contributed by atoms with van der Waals surface area (Å²) in [5.41, 5.74) is -0.0845. The molecule has 1 heterocycles. The molecule has 1 atom stereocenters. The van der Waals surface area contributed by atoms with Gasteiger partial charge in [-0.05, 0) is 20.4 Å². The normalized spacial score (nSPS) is 12.8. The van der Waals surface area contributed by atoms with Gasteiger partial charge >= 0.3 is 0 Å². The molecule has 1 aromatic rings. The van der Waals surface area contributed by atoms with Crippen LogP contribution in [0.25, 0.3) is 0 Å². The predicted molar refractivity (Wildman–Crippen MR) is 70.4 cm³/mol. The summed E-state index contributed by atoms with van der Waals surface area (Å²) in [5.74, 6) is 0.424. The third-order valence-electron chi connectivity index (χ3n) is 3.12. The highest BCUT2D eigenvalue weighted by molar-refractivity contribution is 5.30. The molecule has 5 heteroatoms. The maximum atomic E-state index is 11.7. The molecule has 0 spiro atoms. The molecule has 1 N–H and O–H groups in total. The van der Waals surface area contributed by atoms with Gasteiger partial charge in [0.15, 0.2) is 5.82 Å². The topological polar surface area (TPSA) is 50.2 Å². The Morgan fingerprint density at radius 1 is 1.59 bits per heavy atom. The number of hydrogen-bond acceptors (Lipinski definition) is 4. The number of nitrogens with zero attached hydrogens (tertiary/aromatic N) is 3. The summed E-state index contributed by atoms with van der Waals surface area (Å²) < 4.78 is 1.52. The van der Waals surface area contributed by atoms with E-state index in [9.17, 15) is 4.79 Å². The molecule has 0 radical (unpaired) electrons. The van der Waals surface area contributed by atoms with E-state index in [1.165, 1.54) is 4.57 Å². The Labute approximate surface area is 102 Å². The number of hydrogen-bond donors (Lipinski definition) is 1. The van der Waals surface area contributed by atoms with Crippen molar-refractivity contribution in [2.45, 2.75) is 26.3 Å². The summed E-state index contributed by atoms with van der Waals surface area (Å²) in [6.07, 6.45) is 4.41. The van der Waals surface area contributed by atoms with E-state index < -0.39 is 0 Å². The molecule has 5 nitrogen and oxygen atoms in total. The molecule has 0 saturated heterocycles. The van der Waals surface area contributed by atoms with E-state index in [1.807, 2.05) is 0 Å². The van der Waals surface area contributed by atoms with Crippen LogP contribution in [-0.4, -0.2) is 40.6 Å². The largest absolute Gasteiger partial charge is 0.364 e. The minimum Gasteiger partial charge on any atom is -0.364 e. The minimum atomic E-state index is -0.0845. The number of aryl methyl sites for hydroxylation is 1. The first-order valence-electron chi connectivity index (χ1n) is 6.02. The summed E-state index contributed by atoms with van der Waals surface area (Å²) in [6.45, 7) is 5.99. The first-order valence-corrected chi connectivity index (χ1v) is 6.02. The molecule has 0 fully saturated rings. The highest BCUT2D eigenvalue weighted by Gasteiger charge is 2.06. The van der Waals surface area contributed by atoms with E-state index in [2.05, 4.69) is 36.1 Å². The van der Waals surface area contributed by atoms with Crippen LogP contribution in [-0.2, 0) is 7.05 Å². The van der Waals surface area contributed by atoms with E-state index in [0.29, 0.717) is 11.9 Å². The SMILES string of the molecule is CCC(C)N(C)CCNc1nccn(C)c1=O. The van der Waals surface area contributed by atoms with Gasteiger partial charge in [-0.15, -0.1) is 0 Å². The van der Waals surface area contributed by atoms with Gasteiger partial charge in [-0.2, -0.15) is 0 Å². The Hall–Kier alpha value is -1.36. The van der Waals surface area contributed by atoms with E-state index in [1.54, 1.807) is 19.4 Å². The lowest BCUT2D eigenvalue weighted by Gasteiger charge is -2.23. The van der Waals surface area contributed by atoms with Crippen molar-refractivity contribution in [1.82, 2.24) is 14.5 Å². The monoisotopic (exact) mass is 238 g/mol. The Morgan fingerprint density at radius 2 is 2.29 bits per heavy atom. The molecule has 0 bridgehead atoms. The fourth-order valence-electron chi connectivity index (χ4n) is 1.50. The summed E-state index contributed by atoms with van der Waals surface area (Å²) in [7, 11) is 3.81. The molecular weight excluding hydrogens is 216 g/mol. The van der Waals surface area contributed by atoms with Crippen molar-refractivity contribution in [3.8, 4) is 0 Å². The van der Waals surface area contributed by atoms with Crippen molar-refractivity contribution in [2.75, 3.05) is 25.5 Å². The van der Waals surface area contributed by atoms with Crippen LogP contribution in [0.2, 0.25) is 0 Å².